The second-order valence-electron chi connectivity index (χ2n) is 6.48. The molecule has 1 aliphatic heterocycles. The summed E-state index contributed by atoms with van der Waals surface area (Å²) in [5.74, 6) is 1.72. The maximum atomic E-state index is 13.1. The lowest BCUT2D eigenvalue weighted by Gasteiger charge is -2.14. The van der Waals surface area contributed by atoms with Crippen LogP contribution in [0.25, 0.3) is 11.4 Å². The molecule has 0 bridgehead atoms. The van der Waals surface area contributed by atoms with Gasteiger partial charge in [0.1, 0.15) is 17.5 Å². The van der Waals surface area contributed by atoms with E-state index >= 15 is 0 Å². The van der Waals surface area contributed by atoms with E-state index in [1.165, 1.54) is 12.1 Å². The van der Waals surface area contributed by atoms with E-state index < -0.39 is 0 Å². The molecule has 0 radical (unpaired) electrons. The van der Waals surface area contributed by atoms with Gasteiger partial charge in [0.05, 0.1) is 6.10 Å². The molecule has 0 aliphatic carbocycles. The van der Waals surface area contributed by atoms with Crippen LogP contribution in [0.1, 0.15) is 12.8 Å². The van der Waals surface area contributed by atoms with Crippen molar-refractivity contribution >= 4 is 17.3 Å². The average molecular weight is 364 g/mol. The second-order valence-corrected chi connectivity index (χ2v) is 6.48. The first-order chi connectivity index (χ1) is 13.3. The summed E-state index contributed by atoms with van der Waals surface area (Å²) < 4.78 is 18.8. The second kappa shape index (κ2) is 8.14. The smallest absolute Gasteiger partial charge is 0.163 e. The van der Waals surface area contributed by atoms with E-state index in [0.29, 0.717) is 18.2 Å². The number of halogens is 1. The monoisotopic (exact) mass is 364 g/mol. The minimum absolute atomic E-state index is 0.216. The van der Waals surface area contributed by atoms with Crippen LogP contribution in [0, 0.1) is 5.82 Å². The van der Waals surface area contributed by atoms with Crippen molar-refractivity contribution in [2.24, 2.45) is 0 Å². The van der Waals surface area contributed by atoms with E-state index in [0.717, 1.165) is 36.5 Å². The summed E-state index contributed by atoms with van der Waals surface area (Å²) in [5.41, 5.74) is 1.69. The number of anilines is 3. The lowest BCUT2D eigenvalue weighted by atomic mass is 10.2. The molecule has 1 atom stereocenters. The summed E-state index contributed by atoms with van der Waals surface area (Å²) in [7, 11) is 0. The fourth-order valence-corrected chi connectivity index (χ4v) is 3.02. The molecular weight excluding hydrogens is 343 g/mol. The zero-order valence-electron chi connectivity index (χ0n) is 14.9. The van der Waals surface area contributed by atoms with Crippen molar-refractivity contribution in [3.05, 3.63) is 66.5 Å². The van der Waals surface area contributed by atoms with Crippen LogP contribution in [-0.4, -0.2) is 29.2 Å². The fraction of sp³-hybridized carbons (Fsp3) is 0.238. The van der Waals surface area contributed by atoms with Crippen molar-refractivity contribution in [3.8, 4) is 11.4 Å². The first kappa shape index (κ1) is 17.4. The molecule has 2 aromatic carbocycles. The molecule has 0 amide bonds. The number of nitrogens with zero attached hydrogens (tertiary/aromatic N) is 2. The summed E-state index contributed by atoms with van der Waals surface area (Å²) in [6, 6.07) is 17.9. The molecule has 2 N–H and O–H groups in total. The third kappa shape index (κ3) is 4.60. The molecule has 3 aromatic rings. The van der Waals surface area contributed by atoms with Crippen LogP contribution in [0.4, 0.5) is 21.7 Å². The van der Waals surface area contributed by atoms with Gasteiger partial charge >= 0.3 is 0 Å². The van der Waals surface area contributed by atoms with E-state index in [4.69, 9.17) is 4.74 Å². The highest BCUT2D eigenvalue weighted by Gasteiger charge is 2.16. The minimum Gasteiger partial charge on any atom is -0.376 e. The van der Waals surface area contributed by atoms with E-state index in [9.17, 15) is 4.39 Å². The molecule has 1 aliphatic rings. The molecule has 1 aromatic heterocycles. The summed E-state index contributed by atoms with van der Waals surface area (Å²) >= 11 is 0. The van der Waals surface area contributed by atoms with Crippen molar-refractivity contribution in [1.82, 2.24) is 9.97 Å². The van der Waals surface area contributed by atoms with Gasteiger partial charge < -0.3 is 15.4 Å². The molecule has 6 heteroatoms. The normalized spacial score (nSPS) is 16.3. The number of hydrogen-bond acceptors (Lipinski definition) is 5. The van der Waals surface area contributed by atoms with Gasteiger partial charge in [-0.05, 0) is 37.1 Å². The van der Waals surface area contributed by atoms with Crippen molar-refractivity contribution in [2.75, 3.05) is 23.8 Å². The van der Waals surface area contributed by atoms with Gasteiger partial charge in [0, 0.05) is 30.5 Å². The Kier molecular flexibility index (Phi) is 5.25. The van der Waals surface area contributed by atoms with Crippen LogP contribution < -0.4 is 10.6 Å². The van der Waals surface area contributed by atoms with Crippen LogP contribution in [0.3, 0.4) is 0 Å². The van der Waals surface area contributed by atoms with Crippen molar-refractivity contribution in [3.63, 3.8) is 0 Å². The summed E-state index contributed by atoms with van der Waals surface area (Å²) in [6.07, 6.45) is 2.38. The van der Waals surface area contributed by atoms with Gasteiger partial charge in [-0.3, -0.25) is 0 Å². The van der Waals surface area contributed by atoms with Gasteiger partial charge in [-0.2, -0.15) is 0 Å². The highest BCUT2D eigenvalue weighted by atomic mass is 19.1. The fourth-order valence-electron chi connectivity index (χ4n) is 3.02. The van der Waals surface area contributed by atoms with Gasteiger partial charge in [0.15, 0.2) is 5.82 Å². The Labute approximate surface area is 157 Å². The summed E-state index contributed by atoms with van der Waals surface area (Å²) in [4.78, 5) is 9.26. The first-order valence-electron chi connectivity index (χ1n) is 9.09. The number of rotatable bonds is 6. The molecule has 4 rings (SSSR count). The maximum Gasteiger partial charge on any atom is 0.163 e. The third-order valence-corrected chi connectivity index (χ3v) is 4.41. The van der Waals surface area contributed by atoms with Crippen LogP contribution >= 0.6 is 0 Å². The van der Waals surface area contributed by atoms with Crippen LogP contribution in [-0.2, 0) is 4.74 Å². The molecule has 2 heterocycles. The van der Waals surface area contributed by atoms with Crippen molar-refractivity contribution < 1.29 is 9.13 Å². The lowest BCUT2D eigenvalue weighted by molar-refractivity contribution is 0.120. The van der Waals surface area contributed by atoms with Crippen LogP contribution in [0.5, 0.6) is 0 Å². The standard InChI is InChI=1S/C21H21FN4O/c22-16-8-10-17(11-9-16)24-20-13-19(23-14-18-7-4-12-27-18)25-21(26-20)15-5-2-1-3-6-15/h1-3,5-6,8-11,13,18H,4,7,12,14H2,(H2,23,24,25,26). The van der Waals surface area contributed by atoms with Gasteiger partial charge in [0.2, 0.25) is 0 Å². The van der Waals surface area contributed by atoms with Gasteiger partial charge in [-0.25, -0.2) is 14.4 Å². The molecule has 1 saturated heterocycles. The zero-order valence-corrected chi connectivity index (χ0v) is 14.9. The van der Waals surface area contributed by atoms with Gasteiger partial charge in [0.25, 0.3) is 0 Å². The highest BCUT2D eigenvalue weighted by molar-refractivity contribution is 5.65. The number of aromatic nitrogens is 2. The average Bonchev–Trinajstić information content (AvgIpc) is 3.22. The molecule has 0 spiro atoms. The number of benzene rings is 2. The largest absolute Gasteiger partial charge is 0.376 e. The third-order valence-electron chi connectivity index (χ3n) is 4.41. The lowest BCUT2D eigenvalue weighted by Crippen LogP contribution is -2.19. The highest BCUT2D eigenvalue weighted by Crippen LogP contribution is 2.23. The van der Waals surface area contributed by atoms with E-state index in [1.54, 1.807) is 12.1 Å². The maximum absolute atomic E-state index is 13.1. The van der Waals surface area contributed by atoms with Crippen LogP contribution in [0.2, 0.25) is 0 Å². The summed E-state index contributed by atoms with van der Waals surface area (Å²) in [6.45, 7) is 1.53. The Morgan fingerprint density at radius 2 is 1.78 bits per heavy atom. The Hall–Kier alpha value is -2.99. The molecule has 138 valence electrons. The van der Waals surface area contributed by atoms with Gasteiger partial charge in [-0.1, -0.05) is 30.3 Å². The van der Waals surface area contributed by atoms with Gasteiger partial charge in [-0.15, -0.1) is 0 Å². The Bertz CT molecular complexity index is 880. The first-order valence-corrected chi connectivity index (χ1v) is 9.09. The number of nitrogens with one attached hydrogen (secondary N) is 2. The van der Waals surface area contributed by atoms with Crippen LogP contribution in [0.15, 0.2) is 60.7 Å². The molecule has 1 unspecified atom stereocenters. The molecule has 5 nitrogen and oxygen atoms in total. The topological polar surface area (TPSA) is 59.1 Å². The predicted molar refractivity (Wildman–Crippen MR) is 105 cm³/mol. The summed E-state index contributed by atoms with van der Waals surface area (Å²) in [5, 5.41) is 6.58. The Morgan fingerprint density at radius 3 is 2.52 bits per heavy atom. The van der Waals surface area contributed by atoms with E-state index in [-0.39, 0.29) is 11.9 Å². The van der Waals surface area contributed by atoms with Crippen molar-refractivity contribution in [2.45, 2.75) is 18.9 Å². The minimum atomic E-state index is -0.271. The predicted octanol–water partition coefficient (Wildman–Crippen LogP) is 4.62. The van der Waals surface area contributed by atoms with Crippen molar-refractivity contribution in [1.29, 1.82) is 0 Å². The Morgan fingerprint density at radius 1 is 1.00 bits per heavy atom. The molecule has 1 fully saturated rings. The molecular formula is C21H21FN4O. The van der Waals surface area contributed by atoms with E-state index in [1.807, 2.05) is 36.4 Å². The van der Waals surface area contributed by atoms with E-state index in [2.05, 4.69) is 20.6 Å². The zero-order chi connectivity index (χ0) is 18.5. The molecule has 0 saturated carbocycles. The molecule has 27 heavy (non-hydrogen) atoms. The number of hydrogen-bond donors (Lipinski definition) is 2. The quantitative estimate of drug-likeness (QED) is 0.668. The SMILES string of the molecule is Fc1ccc(Nc2cc(NCC3CCCO3)nc(-c3ccccc3)n2)cc1. The Balaban J connectivity index is 1.60. The number of ether oxygens (including phenoxy) is 1.